The summed E-state index contributed by atoms with van der Waals surface area (Å²) in [7, 11) is -3.65. The Hall–Kier alpha value is -2.74. The van der Waals surface area contributed by atoms with Gasteiger partial charge in [0.05, 0.1) is 4.90 Å². The number of aliphatic imine (C=N–C) groups is 1. The van der Waals surface area contributed by atoms with Crippen LogP contribution in [-0.4, -0.2) is 32.7 Å². The fourth-order valence-corrected chi connectivity index (χ4v) is 4.38. The second kappa shape index (κ2) is 9.17. The van der Waals surface area contributed by atoms with Crippen LogP contribution in [0.4, 0.5) is 4.39 Å². The third-order valence-corrected chi connectivity index (χ3v) is 6.10. The van der Waals surface area contributed by atoms with Crippen LogP contribution in [0.5, 0.6) is 0 Å². The molecule has 0 radical (unpaired) electrons. The van der Waals surface area contributed by atoms with Crippen LogP contribution in [0.15, 0.2) is 58.4 Å². The van der Waals surface area contributed by atoms with Gasteiger partial charge < -0.3 is 5.32 Å². The molecule has 0 fully saturated rings. The summed E-state index contributed by atoms with van der Waals surface area (Å²) in [5.41, 5.74) is 1.40. The van der Waals surface area contributed by atoms with E-state index < -0.39 is 16.1 Å². The van der Waals surface area contributed by atoms with Gasteiger partial charge in [-0.2, -0.15) is 0 Å². The van der Waals surface area contributed by atoms with E-state index in [0.29, 0.717) is 24.9 Å². The van der Waals surface area contributed by atoms with E-state index in [1.165, 1.54) is 18.2 Å². The summed E-state index contributed by atoms with van der Waals surface area (Å²) in [4.78, 5) is 17.3. The van der Waals surface area contributed by atoms with Crippen molar-refractivity contribution in [3.05, 3.63) is 65.5 Å². The van der Waals surface area contributed by atoms with Crippen LogP contribution in [0.1, 0.15) is 37.3 Å². The first kappa shape index (κ1) is 21.0. The van der Waals surface area contributed by atoms with Crippen molar-refractivity contribution in [2.45, 2.75) is 43.5 Å². The maximum atomic E-state index is 13.0. The minimum atomic E-state index is -3.65. The Morgan fingerprint density at radius 3 is 2.62 bits per heavy atom. The van der Waals surface area contributed by atoms with Gasteiger partial charge in [-0.3, -0.25) is 14.5 Å². The van der Waals surface area contributed by atoms with Gasteiger partial charge >= 0.3 is 0 Å². The monoisotopic (exact) mass is 417 g/mol. The average molecular weight is 418 g/mol. The summed E-state index contributed by atoms with van der Waals surface area (Å²) in [5, 5.41) is 2.86. The summed E-state index contributed by atoms with van der Waals surface area (Å²) < 4.78 is 40.0. The van der Waals surface area contributed by atoms with E-state index >= 15 is 0 Å². The van der Waals surface area contributed by atoms with Gasteiger partial charge in [-0.15, -0.1) is 0 Å². The fraction of sp³-hybridized carbons (Fsp3) is 0.333. The van der Waals surface area contributed by atoms with Crippen LogP contribution in [0, 0.1) is 5.82 Å². The zero-order chi connectivity index (χ0) is 20.9. The maximum Gasteiger partial charge on any atom is 0.263 e. The molecule has 2 N–H and O–H groups in total. The van der Waals surface area contributed by atoms with Crippen molar-refractivity contribution in [2.75, 3.05) is 6.54 Å². The van der Waals surface area contributed by atoms with E-state index in [-0.39, 0.29) is 22.5 Å². The quantitative estimate of drug-likeness (QED) is 0.692. The lowest BCUT2D eigenvalue weighted by Gasteiger charge is -2.14. The third-order valence-electron chi connectivity index (χ3n) is 4.71. The van der Waals surface area contributed by atoms with Crippen molar-refractivity contribution < 1.29 is 17.6 Å². The second-order valence-electron chi connectivity index (χ2n) is 6.90. The van der Waals surface area contributed by atoms with Crippen LogP contribution >= 0.6 is 0 Å². The van der Waals surface area contributed by atoms with E-state index in [4.69, 9.17) is 0 Å². The van der Waals surface area contributed by atoms with Crippen molar-refractivity contribution in [2.24, 2.45) is 4.99 Å². The highest BCUT2D eigenvalue weighted by Crippen LogP contribution is 2.23. The summed E-state index contributed by atoms with van der Waals surface area (Å²) in [5.74, 6) is -0.348. The van der Waals surface area contributed by atoms with Gasteiger partial charge in [-0.05, 0) is 42.7 Å². The smallest absolute Gasteiger partial charge is 0.263 e. The molecule has 0 unspecified atom stereocenters. The molecule has 0 aliphatic carbocycles. The summed E-state index contributed by atoms with van der Waals surface area (Å²) >= 11 is 0. The van der Waals surface area contributed by atoms with Crippen LogP contribution in [0.25, 0.3) is 0 Å². The van der Waals surface area contributed by atoms with Crippen molar-refractivity contribution in [1.82, 2.24) is 10.0 Å². The highest BCUT2D eigenvalue weighted by atomic mass is 32.2. The van der Waals surface area contributed by atoms with Crippen LogP contribution in [-0.2, 0) is 21.2 Å². The Bertz CT molecular complexity index is 1000. The number of halogens is 1. The first-order valence-electron chi connectivity index (χ1n) is 9.63. The molecule has 1 amide bonds. The lowest BCUT2D eigenvalue weighted by atomic mass is 10.1. The molecule has 8 heteroatoms. The molecular weight excluding hydrogens is 393 g/mol. The van der Waals surface area contributed by atoms with Crippen LogP contribution < -0.4 is 10.0 Å². The average Bonchev–Trinajstić information content (AvgIpc) is 2.97. The van der Waals surface area contributed by atoms with Gasteiger partial charge in [0, 0.05) is 12.1 Å². The van der Waals surface area contributed by atoms with Gasteiger partial charge in [0.15, 0.2) is 0 Å². The first-order valence-corrected chi connectivity index (χ1v) is 11.1. The van der Waals surface area contributed by atoms with Gasteiger partial charge in [0.1, 0.15) is 17.7 Å². The summed E-state index contributed by atoms with van der Waals surface area (Å²) in [6.07, 6.45) is 2.78. The zero-order valence-corrected chi connectivity index (χ0v) is 17.0. The highest BCUT2D eigenvalue weighted by Gasteiger charge is 2.31. The van der Waals surface area contributed by atoms with E-state index in [1.807, 2.05) is 6.92 Å². The van der Waals surface area contributed by atoms with Crippen molar-refractivity contribution in [3.8, 4) is 0 Å². The van der Waals surface area contributed by atoms with E-state index in [0.717, 1.165) is 18.4 Å². The second-order valence-corrected chi connectivity index (χ2v) is 8.56. The topological polar surface area (TPSA) is 87.6 Å². The Kier molecular flexibility index (Phi) is 6.64. The molecule has 0 saturated heterocycles. The van der Waals surface area contributed by atoms with Gasteiger partial charge in [0.25, 0.3) is 10.0 Å². The number of rotatable bonds is 8. The predicted molar refractivity (Wildman–Crippen MR) is 110 cm³/mol. The molecule has 1 aliphatic heterocycles. The summed E-state index contributed by atoms with van der Waals surface area (Å²) in [6, 6.07) is 12.0. The number of hydrogen-bond acceptors (Lipinski definition) is 4. The molecule has 0 aromatic heterocycles. The molecule has 1 atom stereocenters. The SMILES string of the molecule is CCCC[C@@H](N=C1NS(=O)(=O)c2ccccc21)C(=O)NCCc1ccc(F)cc1. The number of fused-ring (bicyclic) bond motifs is 1. The molecule has 2 aromatic rings. The Labute approximate surface area is 170 Å². The normalized spacial score (nSPS) is 16.8. The van der Waals surface area contributed by atoms with Crippen LogP contribution in [0.2, 0.25) is 0 Å². The molecule has 1 aliphatic rings. The molecule has 2 aromatic carbocycles. The molecule has 0 bridgehead atoms. The number of sulfonamides is 1. The first-order chi connectivity index (χ1) is 13.9. The van der Waals surface area contributed by atoms with Gasteiger partial charge in [-0.1, -0.05) is 44.0 Å². The molecule has 29 heavy (non-hydrogen) atoms. The Balaban J connectivity index is 1.71. The molecule has 154 valence electrons. The number of benzene rings is 2. The number of nitrogens with zero attached hydrogens (tertiary/aromatic N) is 1. The lowest BCUT2D eigenvalue weighted by Crippen LogP contribution is -2.36. The van der Waals surface area contributed by atoms with Gasteiger partial charge in [-0.25, -0.2) is 12.8 Å². The molecule has 0 saturated carbocycles. The number of carbonyl (C=O) groups is 1. The minimum Gasteiger partial charge on any atom is -0.354 e. The summed E-state index contributed by atoms with van der Waals surface area (Å²) in [6.45, 7) is 2.41. The highest BCUT2D eigenvalue weighted by molar-refractivity contribution is 7.90. The molecule has 3 rings (SSSR count). The maximum absolute atomic E-state index is 13.0. The lowest BCUT2D eigenvalue weighted by molar-refractivity contribution is -0.122. The number of carbonyl (C=O) groups excluding carboxylic acids is 1. The zero-order valence-electron chi connectivity index (χ0n) is 16.2. The molecule has 0 spiro atoms. The molecule has 6 nitrogen and oxygen atoms in total. The largest absolute Gasteiger partial charge is 0.354 e. The Morgan fingerprint density at radius 1 is 1.17 bits per heavy atom. The third kappa shape index (κ3) is 5.20. The van der Waals surface area contributed by atoms with E-state index in [2.05, 4.69) is 15.0 Å². The van der Waals surface area contributed by atoms with Gasteiger partial charge in [0.2, 0.25) is 5.91 Å². The molecule has 1 heterocycles. The standard InChI is InChI=1S/C21H24FN3O3S/c1-2-3-7-18(21(26)23-14-13-15-9-11-16(22)12-10-15)24-20-17-6-4-5-8-19(17)29(27,28)25-20/h4-6,8-12,18H,2-3,7,13-14H2,1H3,(H,23,26)(H,24,25)/t18-/m1/s1. The van der Waals surface area contributed by atoms with Crippen molar-refractivity contribution >= 4 is 21.8 Å². The number of amidine groups is 1. The van der Waals surface area contributed by atoms with Crippen molar-refractivity contribution in [3.63, 3.8) is 0 Å². The molecular formula is C21H24FN3O3S. The fourth-order valence-electron chi connectivity index (χ4n) is 3.14. The number of unbranched alkanes of at least 4 members (excludes halogenated alkanes) is 1. The Morgan fingerprint density at radius 2 is 1.90 bits per heavy atom. The minimum absolute atomic E-state index is 0.171. The van der Waals surface area contributed by atoms with Crippen LogP contribution in [0.3, 0.4) is 0 Å². The number of amides is 1. The predicted octanol–water partition coefficient (Wildman–Crippen LogP) is 2.78. The van der Waals surface area contributed by atoms with E-state index in [1.54, 1.807) is 30.3 Å². The number of hydrogen-bond donors (Lipinski definition) is 2. The van der Waals surface area contributed by atoms with Crippen molar-refractivity contribution in [1.29, 1.82) is 0 Å². The number of nitrogens with one attached hydrogen (secondary N) is 2. The van der Waals surface area contributed by atoms with E-state index in [9.17, 15) is 17.6 Å².